The Bertz CT molecular complexity index is 1450. The molecule has 8 aliphatic carbocycles. The fraction of sp³-hybridized carbons (Fsp3) is 0.778. The Hall–Kier alpha value is -3.02. The highest BCUT2D eigenvalue weighted by Gasteiger charge is 2.53. The second kappa shape index (κ2) is 18.3. The molecule has 56 heavy (non-hydrogen) atoms. The number of hydrogen-bond donors (Lipinski definition) is 6. The largest absolute Gasteiger partial charge is 0.354 e. The zero-order chi connectivity index (χ0) is 39.3. The molecule has 0 aliphatic heterocycles. The molecule has 4 amide bonds. The van der Waals surface area contributed by atoms with Crippen LogP contribution in [0.25, 0.3) is 0 Å². The molecule has 11 nitrogen and oxygen atoms in total. The highest BCUT2D eigenvalue weighted by atomic mass is 16.2. The molecule has 9 rings (SSSR count). The summed E-state index contributed by atoms with van der Waals surface area (Å²) in [6.45, 7) is 1.79. The highest BCUT2D eigenvalue weighted by Crippen LogP contribution is 2.62. The maximum atomic E-state index is 14.7. The number of nitrogens with one attached hydrogen (secondary N) is 3. The van der Waals surface area contributed by atoms with E-state index < -0.39 is 18.1 Å². The zero-order valence-electron chi connectivity index (χ0n) is 33.9. The third-order valence-corrected chi connectivity index (χ3v) is 15.0. The molecule has 0 radical (unpaired) electrons. The summed E-state index contributed by atoms with van der Waals surface area (Å²) in [6, 6.07) is 7.89. The van der Waals surface area contributed by atoms with E-state index in [0.29, 0.717) is 75.9 Å². The standard InChI is InChI=1S/C45H71N7O4/c46-11-5-4-10-39(51-42(55)38(48)9-6-12-47)43(56)50-37(19-30-7-2-1-3-8-30)27-52(41(54)26-44-20-31-13-32(21-44)15-33(14-31)22-44)28-40(53)49-29-45-23-34-16-35(24-45)18-36(17-34)25-45/h1-3,7-8,31-39H,4-6,9-29,46-48H2,(H,49,53)(H,50,56)(H,51,55)/t31-,32?,33?,34?,35?,36?,37-,38-,39-,44-,45?/m0/s1. The molecule has 11 heteroatoms. The number of unbranched alkanes of at least 4 members (excludes halogenated alkanes) is 1. The van der Waals surface area contributed by atoms with Gasteiger partial charge in [-0.15, -0.1) is 0 Å². The van der Waals surface area contributed by atoms with E-state index in [0.717, 1.165) is 49.0 Å². The first kappa shape index (κ1) is 41.2. The van der Waals surface area contributed by atoms with E-state index in [4.69, 9.17) is 17.2 Å². The normalized spacial score (nSPS) is 32.4. The van der Waals surface area contributed by atoms with Crippen molar-refractivity contribution >= 4 is 23.6 Å². The van der Waals surface area contributed by atoms with Gasteiger partial charge in [-0.3, -0.25) is 19.2 Å². The molecule has 8 bridgehead atoms. The summed E-state index contributed by atoms with van der Waals surface area (Å²) in [5, 5.41) is 9.51. The van der Waals surface area contributed by atoms with Crippen LogP contribution in [0.1, 0.15) is 121 Å². The fourth-order valence-electron chi connectivity index (χ4n) is 13.4. The van der Waals surface area contributed by atoms with Gasteiger partial charge in [0.2, 0.25) is 23.6 Å². The third-order valence-electron chi connectivity index (χ3n) is 15.0. The van der Waals surface area contributed by atoms with E-state index in [1.165, 1.54) is 57.8 Å². The van der Waals surface area contributed by atoms with Gasteiger partial charge < -0.3 is 38.1 Å². The summed E-state index contributed by atoms with van der Waals surface area (Å²) < 4.78 is 0. The van der Waals surface area contributed by atoms with E-state index in [2.05, 4.69) is 16.0 Å². The number of nitrogens with two attached hydrogens (primary N) is 3. The van der Waals surface area contributed by atoms with Crippen molar-refractivity contribution < 1.29 is 19.2 Å². The summed E-state index contributed by atoms with van der Waals surface area (Å²) in [7, 11) is 0. The van der Waals surface area contributed by atoms with Gasteiger partial charge in [-0.05, 0) is 181 Å². The number of amides is 4. The Morgan fingerprint density at radius 1 is 0.696 bits per heavy atom. The van der Waals surface area contributed by atoms with Gasteiger partial charge in [-0.25, -0.2) is 0 Å². The molecular formula is C45H71N7O4. The van der Waals surface area contributed by atoms with Crippen molar-refractivity contribution in [3.8, 4) is 0 Å². The Morgan fingerprint density at radius 2 is 1.25 bits per heavy atom. The van der Waals surface area contributed by atoms with Crippen molar-refractivity contribution in [2.24, 2.45) is 63.5 Å². The highest BCUT2D eigenvalue weighted by molar-refractivity contribution is 5.90. The number of carbonyl (C=O) groups excluding carboxylic acids is 4. The Labute approximate surface area is 335 Å². The lowest BCUT2D eigenvalue weighted by Crippen LogP contribution is -2.57. The van der Waals surface area contributed by atoms with E-state index in [1.54, 1.807) is 4.90 Å². The van der Waals surface area contributed by atoms with E-state index >= 15 is 0 Å². The predicted octanol–water partition coefficient (Wildman–Crippen LogP) is 4.16. The molecule has 8 saturated carbocycles. The molecular weight excluding hydrogens is 703 g/mol. The zero-order valence-corrected chi connectivity index (χ0v) is 33.9. The summed E-state index contributed by atoms with van der Waals surface area (Å²) in [5.41, 5.74) is 18.9. The van der Waals surface area contributed by atoms with Gasteiger partial charge in [0.05, 0.1) is 18.6 Å². The first-order valence-corrected chi connectivity index (χ1v) is 22.4. The van der Waals surface area contributed by atoms with Crippen molar-refractivity contribution in [2.45, 2.75) is 140 Å². The molecule has 0 aromatic heterocycles. The first-order chi connectivity index (χ1) is 27.0. The van der Waals surface area contributed by atoms with Crippen LogP contribution in [0.5, 0.6) is 0 Å². The lowest BCUT2D eigenvalue weighted by atomic mass is 9.49. The van der Waals surface area contributed by atoms with Crippen LogP contribution < -0.4 is 33.2 Å². The maximum Gasteiger partial charge on any atom is 0.242 e. The quantitative estimate of drug-likeness (QED) is 0.101. The van der Waals surface area contributed by atoms with E-state index in [9.17, 15) is 19.2 Å². The maximum absolute atomic E-state index is 14.7. The molecule has 0 saturated heterocycles. The molecule has 0 spiro atoms. The van der Waals surface area contributed by atoms with Crippen LogP contribution in [-0.2, 0) is 25.6 Å². The van der Waals surface area contributed by atoms with E-state index in [-0.39, 0.29) is 47.5 Å². The lowest BCUT2D eigenvalue weighted by Gasteiger charge is -2.57. The number of rotatable bonds is 21. The van der Waals surface area contributed by atoms with Gasteiger partial charge in [-0.1, -0.05) is 30.3 Å². The van der Waals surface area contributed by atoms with Crippen LogP contribution in [0, 0.1) is 46.3 Å². The van der Waals surface area contributed by atoms with Gasteiger partial charge in [-0.2, -0.15) is 0 Å². The van der Waals surface area contributed by atoms with Crippen LogP contribution in [0.2, 0.25) is 0 Å². The van der Waals surface area contributed by atoms with Gasteiger partial charge >= 0.3 is 0 Å². The van der Waals surface area contributed by atoms with Crippen molar-refractivity contribution in [1.29, 1.82) is 0 Å². The minimum atomic E-state index is -0.809. The first-order valence-electron chi connectivity index (χ1n) is 22.4. The summed E-state index contributed by atoms with van der Waals surface area (Å²) >= 11 is 0. The van der Waals surface area contributed by atoms with Gasteiger partial charge in [0.15, 0.2) is 0 Å². The molecule has 310 valence electrons. The lowest BCUT2D eigenvalue weighted by molar-refractivity contribution is -0.143. The molecule has 3 atom stereocenters. The van der Waals surface area contributed by atoms with Gasteiger partial charge in [0.1, 0.15) is 6.04 Å². The average molecular weight is 774 g/mol. The molecule has 8 aliphatic rings. The van der Waals surface area contributed by atoms with Gasteiger partial charge in [0, 0.05) is 19.5 Å². The smallest absolute Gasteiger partial charge is 0.242 e. The topological polar surface area (TPSA) is 186 Å². The minimum Gasteiger partial charge on any atom is -0.354 e. The Kier molecular flexibility index (Phi) is 13.4. The van der Waals surface area contributed by atoms with Crippen LogP contribution in [-0.4, -0.2) is 79.4 Å². The number of benzene rings is 1. The number of nitrogens with zero attached hydrogens (tertiary/aromatic N) is 1. The van der Waals surface area contributed by atoms with Crippen molar-refractivity contribution in [3.63, 3.8) is 0 Å². The van der Waals surface area contributed by atoms with Crippen molar-refractivity contribution in [2.75, 3.05) is 32.7 Å². The van der Waals surface area contributed by atoms with Crippen LogP contribution in [0.4, 0.5) is 0 Å². The second-order valence-electron chi connectivity index (χ2n) is 19.8. The summed E-state index contributed by atoms with van der Waals surface area (Å²) in [6.07, 6.45) is 18.7. The number of hydrogen-bond acceptors (Lipinski definition) is 7. The van der Waals surface area contributed by atoms with Crippen LogP contribution in [0.3, 0.4) is 0 Å². The molecule has 1 aromatic rings. The minimum absolute atomic E-state index is 0.0129. The summed E-state index contributed by atoms with van der Waals surface area (Å²) in [5.74, 6) is 3.74. The number of carbonyl (C=O) groups is 4. The molecule has 9 N–H and O–H groups in total. The van der Waals surface area contributed by atoms with Gasteiger partial charge in [0.25, 0.3) is 0 Å². The molecule has 0 unspecified atom stereocenters. The van der Waals surface area contributed by atoms with Crippen LogP contribution >= 0.6 is 0 Å². The Balaban J connectivity index is 1.08. The van der Waals surface area contributed by atoms with Crippen molar-refractivity contribution in [1.82, 2.24) is 20.9 Å². The predicted molar refractivity (Wildman–Crippen MR) is 219 cm³/mol. The fourth-order valence-corrected chi connectivity index (χ4v) is 13.4. The molecule has 1 aromatic carbocycles. The van der Waals surface area contributed by atoms with Crippen molar-refractivity contribution in [3.05, 3.63) is 35.9 Å². The SMILES string of the molecule is NCCCC[C@H](NC(=O)[C@@H](N)CCCN)C(=O)N[C@@H](Cc1ccccc1)CN(CC(=O)NCC12CC3CC(CC(C3)C1)C2)C(=O)C[C@]12CC3CC(C[C@H](C3)C1)C2. The van der Waals surface area contributed by atoms with E-state index in [1.807, 2.05) is 30.3 Å². The average Bonchev–Trinajstić information content (AvgIpc) is 3.14. The second-order valence-corrected chi connectivity index (χ2v) is 19.8. The Morgan fingerprint density at radius 3 is 1.80 bits per heavy atom. The molecule has 0 heterocycles. The summed E-state index contributed by atoms with van der Waals surface area (Å²) in [4.78, 5) is 57.8. The molecule has 8 fully saturated rings. The monoisotopic (exact) mass is 774 g/mol. The third kappa shape index (κ3) is 10.3. The van der Waals surface area contributed by atoms with Crippen LogP contribution in [0.15, 0.2) is 30.3 Å².